The Balaban J connectivity index is 1.70. The zero-order valence-electron chi connectivity index (χ0n) is 17.5. The van der Waals surface area contributed by atoms with Crippen LogP contribution in [-0.2, 0) is 6.54 Å². The Morgan fingerprint density at radius 3 is 2.85 bits per heavy atom. The molecule has 0 unspecified atom stereocenters. The maximum atomic E-state index is 13.9. The molecule has 0 bridgehead atoms. The molecule has 1 aliphatic rings. The summed E-state index contributed by atoms with van der Waals surface area (Å²) < 4.78 is 13.0. The van der Waals surface area contributed by atoms with Crippen LogP contribution in [0.2, 0.25) is 5.02 Å². The van der Waals surface area contributed by atoms with Gasteiger partial charge in [0, 0.05) is 10.9 Å². The number of aromatic hydroxyl groups is 1. The lowest BCUT2D eigenvalue weighted by atomic mass is 10.0. The maximum absolute atomic E-state index is 13.9. The summed E-state index contributed by atoms with van der Waals surface area (Å²) in [7, 11) is 1.64. The fourth-order valence-electron chi connectivity index (χ4n) is 4.24. The number of thiophene rings is 1. The predicted molar refractivity (Wildman–Crippen MR) is 128 cm³/mol. The Morgan fingerprint density at radius 2 is 2.12 bits per heavy atom. The van der Waals surface area contributed by atoms with E-state index in [1.807, 2.05) is 18.2 Å². The number of hydrogen-bond donors (Lipinski definition) is 1. The number of nitrogens with zero attached hydrogens (tertiary/aromatic N) is 3. The van der Waals surface area contributed by atoms with Crippen molar-refractivity contribution in [2.75, 3.05) is 7.11 Å². The first-order chi connectivity index (χ1) is 16.0. The second-order valence-corrected chi connectivity index (χ2v) is 9.48. The topological polar surface area (TPSA) is 90.4 Å². The Kier molecular flexibility index (Phi) is 4.67. The summed E-state index contributed by atoms with van der Waals surface area (Å²) in [5.41, 5.74) is 1.74. The molecule has 0 aliphatic heterocycles. The number of rotatable bonds is 5. The van der Waals surface area contributed by atoms with Gasteiger partial charge in [-0.05, 0) is 54.7 Å². The lowest BCUT2D eigenvalue weighted by molar-refractivity contribution is 0.414. The van der Waals surface area contributed by atoms with E-state index >= 15 is 0 Å². The van der Waals surface area contributed by atoms with Crippen LogP contribution in [0.25, 0.3) is 31.7 Å². The lowest BCUT2D eigenvalue weighted by Gasteiger charge is -2.15. The largest absolute Gasteiger partial charge is 0.506 e. The number of ether oxygens (including phenoxy) is 1. The minimum absolute atomic E-state index is 0.0725. The summed E-state index contributed by atoms with van der Waals surface area (Å²) in [6.07, 6.45) is 5.09. The number of oxazole rings is 1. The molecule has 7 nitrogen and oxygen atoms in total. The van der Waals surface area contributed by atoms with E-state index in [0.717, 1.165) is 29.7 Å². The van der Waals surface area contributed by atoms with E-state index in [0.29, 0.717) is 42.8 Å². The third-order valence-corrected chi connectivity index (χ3v) is 7.41. The van der Waals surface area contributed by atoms with Gasteiger partial charge in [-0.3, -0.25) is 9.36 Å². The van der Waals surface area contributed by atoms with E-state index < -0.39 is 0 Å². The quantitative estimate of drug-likeness (QED) is 0.355. The summed E-state index contributed by atoms with van der Waals surface area (Å²) in [5.74, 6) is 2.32. The molecule has 1 N–H and O–H groups in total. The highest BCUT2D eigenvalue weighted by Gasteiger charge is 2.29. The van der Waals surface area contributed by atoms with Crippen LogP contribution in [0.15, 0.2) is 52.1 Å². The van der Waals surface area contributed by atoms with Crippen LogP contribution < -0.4 is 10.3 Å². The van der Waals surface area contributed by atoms with Crippen LogP contribution in [0.4, 0.5) is 0 Å². The van der Waals surface area contributed by atoms with Crippen LogP contribution in [0.3, 0.4) is 0 Å². The van der Waals surface area contributed by atoms with Gasteiger partial charge in [-0.25, -0.2) is 9.97 Å². The van der Waals surface area contributed by atoms with Crippen molar-refractivity contribution < 1.29 is 14.3 Å². The van der Waals surface area contributed by atoms with Crippen LogP contribution in [-0.4, -0.2) is 26.8 Å². The number of phenolic OH excluding ortho intramolecular Hbond substituents is 1. The summed E-state index contributed by atoms with van der Waals surface area (Å²) in [4.78, 5) is 23.4. The molecule has 0 amide bonds. The number of methoxy groups -OCH3 is 1. The third kappa shape index (κ3) is 3.29. The van der Waals surface area contributed by atoms with E-state index in [1.165, 1.54) is 23.8 Å². The Hall–Kier alpha value is -3.36. The standard InChI is InChI=1S/C24H18ClN3O4S/c1-31-13-4-5-15(16(8-13)12-2-3-12)22-27-23-20(19-17(25)6-7-18(29)21(19)33-23)24(30)28(22)10-14-9-26-11-32-14/h4-9,11-12,29H,2-3,10H2,1H3. The molecule has 0 atom stereocenters. The highest BCUT2D eigenvalue weighted by atomic mass is 35.5. The molecular weight excluding hydrogens is 462 g/mol. The molecule has 0 spiro atoms. The second kappa shape index (κ2) is 7.60. The molecule has 2 aromatic carbocycles. The van der Waals surface area contributed by atoms with Crippen molar-refractivity contribution in [3.8, 4) is 22.9 Å². The highest BCUT2D eigenvalue weighted by Crippen LogP contribution is 2.46. The van der Waals surface area contributed by atoms with Crippen molar-refractivity contribution in [2.45, 2.75) is 25.3 Å². The van der Waals surface area contributed by atoms with Crippen molar-refractivity contribution in [1.29, 1.82) is 0 Å². The molecule has 0 saturated heterocycles. The third-order valence-electron chi connectivity index (χ3n) is 5.99. The Morgan fingerprint density at radius 1 is 1.27 bits per heavy atom. The van der Waals surface area contributed by atoms with Gasteiger partial charge in [-0.2, -0.15) is 0 Å². The van der Waals surface area contributed by atoms with E-state index in [-0.39, 0.29) is 17.9 Å². The first-order valence-electron chi connectivity index (χ1n) is 10.5. The minimum Gasteiger partial charge on any atom is -0.506 e. The second-order valence-electron chi connectivity index (χ2n) is 8.07. The van der Waals surface area contributed by atoms with Crippen LogP contribution in [0, 0.1) is 0 Å². The smallest absolute Gasteiger partial charge is 0.263 e. The van der Waals surface area contributed by atoms with Gasteiger partial charge in [0.15, 0.2) is 6.39 Å². The fourth-order valence-corrected chi connectivity index (χ4v) is 5.65. The van der Waals surface area contributed by atoms with Crippen molar-refractivity contribution >= 4 is 43.2 Å². The number of halogens is 1. The first-order valence-corrected chi connectivity index (χ1v) is 11.6. The van der Waals surface area contributed by atoms with Gasteiger partial charge in [0.2, 0.25) is 0 Å². The molecule has 3 aromatic heterocycles. The molecule has 3 heterocycles. The normalized spacial score (nSPS) is 13.8. The molecule has 5 aromatic rings. The zero-order chi connectivity index (χ0) is 22.7. The summed E-state index contributed by atoms with van der Waals surface area (Å²) in [5, 5.41) is 11.7. The van der Waals surface area contributed by atoms with Gasteiger partial charge in [-0.15, -0.1) is 11.3 Å². The molecule has 1 aliphatic carbocycles. The number of hydrogen-bond acceptors (Lipinski definition) is 7. The number of phenols is 1. The van der Waals surface area contributed by atoms with Gasteiger partial charge >= 0.3 is 0 Å². The summed E-state index contributed by atoms with van der Waals surface area (Å²) >= 11 is 7.72. The average Bonchev–Trinajstić information content (AvgIpc) is 3.39. The van der Waals surface area contributed by atoms with E-state index in [9.17, 15) is 9.90 Å². The van der Waals surface area contributed by atoms with Gasteiger partial charge in [-0.1, -0.05) is 11.6 Å². The molecule has 1 fully saturated rings. The SMILES string of the molecule is COc1ccc(-c2nc3sc4c(O)ccc(Cl)c4c3c(=O)n2Cc2cnco2)c(C2CC2)c1. The molecule has 6 rings (SSSR count). The van der Waals surface area contributed by atoms with Crippen LogP contribution >= 0.6 is 22.9 Å². The molecule has 0 radical (unpaired) electrons. The summed E-state index contributed by atoms with van der Waals surface area (Å²) in [6, 6.07) is 8.98. The van der Waals surface area contributed by atoms with Crippen molar-refractivity contribution in [3.05, 3.63) is 69.6 Å². The molecule has 33 heavy (non-hydrogen) atoms. The first kappa shape index (κ1) is 20.3. The molecular formula is C24H18ClN3O4S. The van der Waals surface area contributed by atoms with Gasteiger partial charge < -0.3 is 14.3 Å². The van der Waals surface area contributed by atoms with Crippen LogP contribution in [0.1, 0.15) is 30.1 Å². The average molecular weight is 480 g/mol. The van der Waals surface area contributed by atoms with Gasteiger partial charge in [0.05, 0.1) is 35.0 Å². The van der Waals surface area contributed by atoms with Crippen molar-refractivity contribution in [3.63, 3.8) is 0 Å². The Labute approximate surface area is 196 Å². The lowest BCUT2D eigenvalue weighted by Crippen LogP contribution is -2.24. The van der Waals surface area contributed by atoms with E-state index in [4.69, 9.17) is 25.7 Å². The van der Waals surface area contributed by atoms with Gasteiger partial charge in [0.1, 0.15) is 27.9 Å². The maximum Gasteiger partial charge on any atom is 0.263 e. The van der Waals surface area contributed by atoms with E-state index in [2.05, 4.69) is 4.98 Å². The van der Waals surface area contributed by atoms with Crippen molar-refractivity contribution in [2.24, 2.45) is 0 Å². The number of benzene rings is 2. The summed E-state index contributed by atoms with van der Waals surface area (Å²) in [6.45, 7) is 0.168. The molecule has 9 heteroatoms. The fraction of sp³-hybridized carbons (Fsp3) is 0.208. The van der Waals surface area contributed by atoms with E-state index in [1.54, 1.807) is 23.9 Å². The number of fused-ring (bicyclic) bond motifs is 3. The molecule has 166 valence electrons. The minimum atomic E-state index is -0.247. The zero-order valence-corrected chi connectivity index (χ0v) is 19.1. The van der Waals surface area contributed by atoms with Gasteiger partial charge in [0.25, 0.3) is 5.56 Å². The Bertz CT molecular complexity index is 1590. The van der Waals surface area contributed by atoms with Crippen LogP contribution in [0.5, 0.6) is 11.5 Å². The highest BCUT2D eigenvalue weighted by molar-refractivity contribution is 7.25. The predicted octanol–water partition coefficient (Wildman–Crippen LogP) is 5.56. The van der Waals surface area contributed by atoms with Crippen molar-refractivity contribution in [1.82, 2.24) is 14.5 Å². The monoisotopic (exact) mass is 479 g/mol. The molecule has 1 saturated carbocycles. The number of aromatic nitrogens is 3.